The molecule has 3 aliphatic rings. The second-order valence-corrected chi connectivity index (χ2v) is 11.1. The zero-order chi connectivity index (χ0) is 21.0. The molecule has 4 rings (SSSR count). The van der Waals surface area contributed by atoms with Gasteiger partial charge in [-0.1, -0.05) is 30.3 Å². The van der Waals surface area contributed by atoms with Gasteiger partial charge in [-0.25, -0.2) is 12.7 Å². The maximum absolute atomic E-state index is 13.6. The second-order valence-electron chi connectivity index (χ2n) is 8.92. The maximum atomic E-state index is 13.6. The van der Waals surface area contributed by atoms with Crippen LogP contribution in [0.4, 0.5) is 0 Å². The number of hydrogen-bond donors (Lipinski definition) is 0. The predicted octanol–water partition coefficient (Wildman–Crippen LogP) is 1.06. The fourth-order valence-corrected chi connectivity index (χ4v) is 6.86. The topological polar surface area (TPSA) is 78.0 Å². The lowest BCUT2D eigenvalue weighted by molar-refractivity contribution is -0.153. The number of amides is 2. The van der Waals surface area contributed by atoms with Crippen molar-refractivity contribution >= 4 is 21.8 Å². The van der Waals surface area contributed by atoms with Crippen LogP contribution in [0, 0.1) is 5.41 Å². The molecule has 0 N–H and O–H groups in total. The zero-order valence-electron chi connectivity index (χ0n) is 17.3. The first-order valence-electron chi connectivity index (χ1n) is 10.2. The Morgan fingerprint density at radius 1 is 1.10 bits per heavy atom. The summed E-state index contributed by atoms with van der Waals surface area (Å²) in [6.07, 6.45) is 2.37. The van der Waals surface area contributed by atoms with Crippen molar-refractivity contribution < 1.29 is 18.0 Å². The molecule has 1 saturated carbocycles. The van der Waals surface area contributed by atoms with Crippen molar-refractivity contribution in [1.29, 1.82) is 0 Å². The molecule has 158 valence electrons. The van der Waals surface area contributed by atoms with Crippen molar-refractivity contribution in [3.8, 4) is 0 Å². The molecule has 0 spiro atoms. The van der Waals surface area contributed by atoms with Gasteiger partial charge in [0.15, 0.2) is 0 Å². The first-order valence-corrected chi connectivity index (χ1v) is 11.8. The van der Waals surface area contributed by atoms with Crippen LogP contribution < -0.4 is 0 Å². The summed E-state index contributed by atoms with van der Waals surface area (Å²) in [5.74, 6) is -0.0821. The lowest BCUT2D eigenvalue weighted by atomic mass is 9.71. The standard InChI is InChI=1S/C21H29N3O4S/c1-22(2)18(25)21-12-14-29(27,28)23(3)17(21)9-13-24(15-21)19(26)20(10-11-20)16-7-5-4-6-8-16/h4-8,17H,9-15H2,1-3H3/t17-,21+/m1/s1. The largest absolute Gasteiger partial charge is 0.348 e. The molecule has 0 aromatic heterocycles. The number of carbonyl (C=O) groups excluding carboxylic acids is 2. The van der Waals surface area contributed by atoms with Gasteiger partial charge >= 0.3 is 0 Å². The van der Waals surface area contributed by atoms with Gasteiger partial charge in [0.05, 0.1) is 16.6 Å². The first kappa shape index (κ1) is 20.3. The number of rotatable bonds is 3. The Balaban J connectivity index is 1.66. The van der Waals surface area contributed by atoms with E-state index in [1.54, 1.807) is 21.1 Å². The average Bonchev–Trinajstić information content (AvgIpc) is 3.52. The van der Waals surface area contributed by atoms with Gasteiger partial charge in [0, 0.05) is 40.3 Å². The van der Waals surface area contributed by atoms with Gasteiger partial charge < -0.3 is 9.80 Å². The third-order valence-electron chi connectivity index (χ3n) is 7.07. The van der Waals surface area contributed by atoms with Crippen LogP contribution in [0.3, 0.4) is 0 Å². The van der Waals surface area contributed by atoms with Gasteiger partial charge in [-0.15, -0.1) is 0 Å². The minimum absolute atomic E-state index is 0.0640. The van der Waals surface area contributed by atoms with Gasteiger partial charge in [0.25, 0.3) is 0 Å². The average molecular weight is 420 g/mol. The summed E-state index contributed by atoms with van der Waals surface area (Å²) in [5.41, 5.74) is -0.337. The van der Waals surface area contributed by atoms with Crippen LogP contribution in [-0.4, -0.2) is 80.4 Å². The van der Waals surface area contributed by atoms with E-state index in [1.807, 2.05) is 35.2 Å². The summed E-state index contributed by atoms with van der Waals surface area (Å²) < 4.78 is 26.3. The molecular formula is C21H29N3O4S. The summed E-state index contributed by atoms with van der Waals surface area (Å²) in [6, 6.07) is 9.43. The van der Waals surface area contributed by atoms with Crippen LogP contribution in [0.15, 0.2) is 30.3 Å². The Labute approximate surface area is 172 Å². The molecule has 1 aliphatic carbocycles. The van der Waals surface area contributed by atoms with E-state index in [9.17, 15) is 18.0 Å². The smallest absolute Gasteiger partial charge is 0.233 e. The molecule has 0 bridgehead atoms. The Kier molecular flexibility index (Phi) is 4.77. The molecule has 0 unspecified atom stereocenters. The van der Waals surface area contributed by atoms with Crippen LogP contribution in [0.5, 0.6) is 0 Å². The van der Waals surface area contributed by atoms with Crippen molar-refractivity contribution in [2.24, 2.45) is 5.41 Å². The molecule has 1 aromatic rings. The summed E-state index contributed by atoms with van der Waals surface area (Å²) >= 11 is 0. The van der Waals surface area contributed by atoms with Gasteiger partial charge in [0.1, 0.15) is 0 Å². The van der Waals surface area contributed by atoms with Gasteiger partial charge in [-0.05, 0) is 31.2 Å². The zero-order valence-corrected chi connectivity index (χ0v) is 18.1. The van der Waals surface area contributed by atoms with Crippen molar-refractivity contribution in [2.45, 2.75) is 37.1 Å². The molecule has 2 heterocycles. The normalized spacial score (nSPS) is 30.3. The SMILES string of the molecule is CN(C)C(=O)[C@]12CCS(=O)(=O)N(C)[C@@H]1CCN(C(=O)C1(c3ccccc3)CC1)C2. The highest BCUT2D eigenvalue weighted by Crippen LogP contribution is 2.51. The van der Waals surface area contributed by atoms with Gasteiger partial charge in [0.2, 0.25) is 21.8 Å². The molecule has 1 aromatic carbocycles. The molecule has 2 saturated heterocycles. The number of fused-ring (bicyclic) bond motifs is 1. The van der Waals surface area contributed by atoms with Crippen molar-refractivity contribution in [3.63, 3.8) is 0 Å². The first-order chi connectivity index (χ1) is 13.6. The molecule has 2 aliphatic heterocycles. The molecule has 0 radical (unpaired) electrons. The van der Waals surface area contributed by atoms with E-state index in [-0.39, 0.29) is 30.5 Å². The summed E-state index contributed by atoms with van der Waals surface area (Å²) in [7, 11) is 1.60. The number of sulfonamides is 1. The quantitative estimate of drug-likeness (QED) is 0.734. The highest BCUT2D eigenvalue weighted by atomic mass is 32.2. The Hall–Kier alpha value is -1.93. The van der Waals surface area contributed by atoms with E-state index < -0.39 is 26.9 Å². The number of piperidine rings is 1. The van der Waals surface area contributed by atoms with E-state index in [0.29, 0.717) is 13.0 Å². The molecule has 29 heavy (non-hydrogen) atoms. The van der Waals surface area contributed by atoms with Crippen molar-refractivity contribution in [3.05, 3.63) is 35.9 Å². The predicted molar refractivity (Wildman–Crippen MR) is 110 cm³/mol. The maximum Gasteiger partial charge on any atom is 0.233 e. The molecular weight excluding hydrogens is 390 g/mol. The molecule has 8 heteroatoms. The van der Waals surface area contributed by atoms with E-state index >= 15 is 0 Å². The van der Waals surface area contributed by atoms with E-state index in [1.165, 1.54) is 9.21 Å². The van der Waals surface area contributed by atoms with Crippen LogP contribution in [0.25, 0.3) is 0 Å². The number of carbonyl (C=O) groups is 2. The van der Waals surface area contributed by atoms with Crippen molar-refractivity contribution in [2.75, 3.05) is 40.0 Å². The molecule has 3 fully saturated rings. The number of likely N-dealkylation sites (tertiary alicyclic amines) is 1. The summed E-state index contributed by atoms with van der Waals surface area (Å²) in [6.45, 7) is 0.752. The molecule has 2 amide bonds. The fourth-order valence-electron chi connectivity index (χ4n) is 5.25. The number of hydrogen-bond acceptors (Lipinski definition) is 4. The third-order valence-corrected chi connectivity index (χ3v) is 8.92. The molecule has 7 nitrogen and oxygen atoms in total. The van der Waals surface area contributed by atoms with E-state index in [4.69, 9.17) is 0 Å². The minimum atomic E-state index is -3.37. The Morgan fingerprint density at radius 3 is 2.34 bits per heavy atom. The van der Waals surface area contributed by atoms with Gasteiger partial charge in [-0.2, -0.15) is 0 Å². The summed E-state index contributed by atoms with van der Waals surface area (Å²) in [4.78, 5) is 30.2. The third kappa shape index (κ3) is 3.08. The van der Waals surface area contributed by atoms with Crippen LogP contribution in [-0.2, 0) is 25.0 Å². The lowest BCUT2D eigenvalue weighted by Gasteiger charge is -2.53. The minimum Gasteiger partial charge on any atom is -0.348 e. The van der Waals surface area contributed by atoms with Crippen LogP contribution in [0.2, 0.25) is 0 Å². The fraction of sp³-hybridized carbons (Fsp3) is 0.619. The highest BCUT2D eigenvalue weighted by molar-refractivity contribution is 7.89. The van der Waals surface area contributed by atoms with Crippen molar-refractivity contribution in [1.82, 2.24) is 14.1 Å². The van der Waals surface area contributed by atoms with E-state index in [0.717, 1.165) is 18.4 Å². The number of nitrogens with zero attached hydrogens (tertiary/aromatic N) is 3. The van der Waals surface area contributed by atoms with Crippen LogP contribution >= 0.6 is 0 Å². The number of benzene rings is 1. The molecule has 2 atom stereocenters. The lowest BCUT2D eigenvalue weighted by Crippen LogP contribution is -2.68. The Morgan fingerprint density at radius 2 is 1.76 bits per heavy atom. The van der Waals surface area contributed by atoms with E-state index in [2.05, 4.69) is 0 Å². The second kappa shape index (κ2) is 6.80. The van der Waals surface area contributed by atoms with Crippen LogP contribution in [0.1, 0.15) is 31.2 Å². The Bertz CT molecular complexity index is 927. The summed E-state index contributed by atoms with van der Waals surface area (Å²) in [5, 5.41) is 0. The van der Waals surface area contributed by atoms with Gasteiger partial charge in [-0.3, -0.25) is 9.59 Å². The monoisotopic (exact) mass is 419 g/mol. The highest BCUT2D eigenvalue weighted by Gasteiger charge is 2.60.